The Labute approximate surface area is 118 Å². The fourth-order valence-electron chi connectivity index (χ4n) is 1.92. The average molecular weight is 273 g/mol. The summed E-state index contributed by atoms with van der Waals surface area (Å²) in [4.78, 5) is 16.0. The summed E-state index contributed by atoms with van der Waals surface area (Å²) in [6.07, 6.45) is 1.67. The Balaban J connectivity index is 2.14. The van der Waals surface area contributed by atoms with E-state index in [9.17, 15) is 9.90 Å². The van der Waals surface area contributed by atoms with Crippen LogP contribution in [0.15, 0.2) is 30.5 Å². The van der Waals surface area contributed by atoms with Gasteiger partial charge in [-0.1, -0.05) is 6.07 Å². The number of hydrogen-bond donors (Lipinski definition) is 3. The maximum atomic E-state index is 11.8. The van der Waals surface area contributed by atoms with Crippen molar-refractivity contribution in [3.05, 3.63) is 30.5 Å². The Hall–Kier alpha value is -2.30. The van der Waals surface area contributed by atoms with Gasteiger partial charge in [0.25, 0.3) is 0 Å². The maximum Gasteiger partial charge on any atom is 0.239 e. The number of aromatic nitrogens is 1. The molecule has 0 bridgehead atoms. The predicted octanol–water partition coefficient (Wildman–Crippen LogP) is 2.27. The second-order valence-electron chi connectivity index (χ2n) is 5.72. The van der Waals surface area contributed by atoms with Gasteiger partial charge in [0.2, 0.25) is 5.91 Å². The minimum absolute atomic E-state index is 0.101. The highest BCUT2D eigenvalue weighted by atomic mass is 16.3. The van der Waals surface area contributed by atoms with Gasteiger partial charge >= 0.3 is 0 Å². The predicted molar refractivity (Wildman–Crippen MR) is 79.8 cm³/mol. The zero-order valence-electron chi connectivity index (χ0n) is 11.9. The number of pyridine rings is 1. The quantitative estimate of drug-likeness (QED) is 0.802. The Bertz CT molecular complexity index is 633. The van der Waals surface area contributed by atoms with Crippen molar-refractivity contribution in [3.8, 4) is 5.75 Å². The molecule has 0 aliphatic rings. The lowest BCUT2D eigenvalue weighted by Gasteiger charge is -2.20. The fourth-order valence-corrected chi connectivity index (χ4v) is 1.92. The van der Waals surface area contributed by atoms with Gasteiger partial charge in [-0.25, -0.2) is 4.98 Å². The van der Waals surface area contributed by atoms with E-state index in [2.05, 4.69) is 15.6 Å². The zero-order chi connectivity index (χ0) is 14.8. The van der Waals surface area contributed by atoms with Crippen molar-refractivity contribution in [2.75, 3.05) is 11.9 Å². The monoisotopic (exact) mass is 273 g/mol. The standard InChI is InChI=1S/C15H19N3O2/c1-15(2,3)18-13(20)9-17-14-12-8-11(19)5-4-10(12)6-7-16-14/h4-8,19H,9H2,1-3H3,(H,16,17)(H,18,20). The Morgan fingerprint density at radius 3 is 2.75 bits per heavy atom. The highest BCUT2D eigenvalue weighted by Gasteiger charge is 2.13. The van der Waals surface area contributed by atoms with E-state index in [1.54, 1.807) is 18.3 Å². The maximum absolute atomic E-state index is 11.8. The van der Waals surface area contributed by atoms with Gasteiger partial charge < -0.3 is 15.7 Å². The molecule has 2 aromatic rings. The average Bonchev–Trinajstić information content (AvgIpc) is 2.34. The Kier molecular flexibility index (Phi) is 3.79. The van der Waals surface area contributed by atoms with Gasteiger partial charge in [-0.05, 0) is 44.4 Å². The molecule has 0 saturated heterocycles. The van der Waals surface area contributed by atoms with E-state index in [1.807, 2.05) is 32.9 Å². The van der Waals surface area contributed by atoms with Crippen molar-refractivity contribution >= 4 is 22.5 Å². The topological polar surface area (TPSA) is 74.2 Å². The number of amides is 1. The minimum atomic E-state index is -0.261. The second-order valence-corrected chi connectivity index (χ2v) is 5.72. The molecule has 0 atom stereocenters. The molecular weight excluding hydrogens is 254 g/mol. The molecule has 0 fully saturated rings. The van der Waals surface area contributed by atoms with Crippen molar-refractivity contribution in [1.82, 2.24) is 10.3 Å². The Morgan fingerprint density at radius 2 is 2.05 bits per heavy atom. The number of fused-ring (bicyclic) bond motifs is 1. The molecule has 0 saturated carbocycles. The largest absolute Gasteiger partial charge is 0.508 e. The van der Waals surface area contributed by atoms with Gasteiger partial charge in [-0.2, -0.15) is 0 Å². The molecule has 0 aliphatic carbocycles. The first-order chi connectivity index (χ1) is 9.35. The van der Waals surface area contributed by atoms with Gasteiger partial charge in [0.15, 0.2) is 0 Å². The normalized spacial score (nSPS) is 11.3. The van der Waals surface area contributed by atoms with E-state index in [1.165, 1.54) is 0 Å². The summed E-state index contributed by atoms with van der Waals surface area (Å²) in [6.45, 7) is 5.93. The summed E-state index contributed by atoms with van der Waals surface area (Å²) in [5, 5.41) is 17.2. The third-order valence-electron chi connectivity index (χ3n) is 2.68. The van der Waals surface area contributed by atoms with Crippen LogP contribution in [-0.2, 0) is 4.79 Å². The van der Waals surface area contributed by atoms with E-state index < -0.39 is 0 Å². The van der Waals surface area contributed by atoms with Crippen LogP contribution in [0.2, 0.25) is 0 Å². The van der Waals surface area contributed by atoms with Gasteiger partial charge in [0, 0.05) is 17.1 Å². The second kappa shape index (κ2) is 5.36. The third kappa shape index (κ3) is 3.60. The number of carbonyl (C=O) groups is 1. The summed E-state index contributed by atoms with van der Waals surface area (Å²) in [5.74, 6) is 0.659. The smallest absolute Gasteiger partial charge is 0.239 e. The fraction of sp³-hybridized carbons (Fsp3) is 0.333. The van der Waals surface area contributed by atoms with Gasteiger partial charge in [-0.3, -0.25) is 4.79 Å². The Morgan fingerprint density at radius 1 is 1.30 bits per heavy atom. The number of phenolic OH excluding ortho intramolecular Hbond substituents is 1. The number of nitrogens with zero attached hydrogens (tertiary/aromatic N) is 1. The number of phenols is 1. The number of aromatic hydroxyl groups is 1. The molecule has 5 nitrogen and oxygen atoms in total. The van der Waals surface area contributed by atoms with Gasteiger partial charge in [-0.15, -0.1) is 0 Å². The lowest BCUT2D eigenvalue weighted by Crippen LogP contribution is -2.43. The molecule has 0 spiro atoms. The van der Waals surface area contributed by atoms with Crippen LogP contribution in [0.3, 0.4) is 0 Å². The highest BCUT2D eigenvalue weighted by Crippen LogP contribution is 2.24. The van der Waals surface area contributed by atoms with Gasteiger partial charge in [0.05, 0.1) is 6.54 Å². The molecule has 0 radical (unpaired) electrons. The number of rotatable bonds is 3. The van der Waals surface area contributed by atoms with Crippen LogP contribution in [0.4, 0.5) is 5.82 Å². The number of anilines is 1. The van der Waals surface area contributed by atoms with E-state index in [0.29, 0.717) is 5.82 Å². The third-order valence-corrected chi connectivity index (χ3v) is 2.68. The van der Waals surface area contributed by atoms with Crippen molar-refractivity contribution < 1.29 is 9.90 Å². The zero-order valence-corrected chi connectivity index (χ0v) is 11.9. The first-order valence-electron chi connectivity index (χ1n) is 6.48. The van der Waals surface area contributed by atoms with Crippen molar-refractivity contribution in [3.63, 3.8) is 0 Å². The molecule has 0 aliphatic heterocycles. The lowest BCUT2D eigenvalue weighted by molar-refractivity contribution is -0.120. The number of benzene rings is 1. The summed E-state index contributed by atoms with van der Waals surface area (Å²) >= 11 is 0. The van der Waals surface area contributed by atoms with E-state index in [4.69, 9.17) is 0 Å². The molecule has 20 heavy (non-hydrogen) atoms. The van der Waals surface area contributed by atoms with Crippen molar-refractivity contribution in [1.29, 1.82) is 0 Å². The molecule has 5 heteroatoms. The highest BCUT2D eigenvalue weighted by molar-refractivity contribution is 5.94. The molecule has 2 rings (SSSR count). The lowest BCUT2D eigenvalue weighted by atomic mass is 10.1. The summed E-state index contributed by atoms with van der Waals surface area (Å²) in [6, 6.07) is 6.92. The van der Waals surface area contributed by atoms with Crippen molar-refractivity contribution in [2.24, 2.45) is 0 Å². The van der Waals surface area contributed by atoms with Crippen LogP contribution in [0.1, 0.15) is 20.8 Å². The summed E-state index contributed by atoms with van der Waals surface area (Å²) < 4.78 is 0. The first-order valence-corrected chi connectivity index (χ1v) is 6.48. The molecule has 1 aromatic heterocycles. The van der Waals surface area contributed by atoms with Crippen LogP contribution >= 0.6 is 0 Å². The molecule has 106 valence electrons. The van der Waals surface area contributed by atoms with E-state index >= 15 is 0 Å². The van der Waals surface area contributed by atoms with E-state index in [-0.39, 0.29) is 23.7 Å². The number of carbonyl (C=O) groups excluding carboxylic acids is 1. The van der Waals surface area contributed by atoms with Crippen LogP contribution < -0.4 is 10.6 Å². The van der Waals surface area contributed by atoms with E-state index in [0.717, 1.165) is 10.8 Å². The van der Waals surface area contributed by atoms with Crippen LogP contribution in [0.5, 0.6) is 5.75 Å². The summed E-state index contributed by atoms with van der Waals surface area (Å²) in [7, 11) is 0. The number of nitrogens with one attached hydrogen (secondary N) is 2. The van der Waals surface area contributed by atoms with Crippen LogP contribution in [0.25, 0.3) is 10.8 Å². The van der Waals surface area contributed by atoms with Crippen LogP contribution in [-0.4, -0.2) is 28.1 Å². The molecular formula is C15H19N3O2. The van der Waals surface area contributed by atoms with Crippen LogP contribution in [0, 0.1) is 0 Å². The minimum Gasteiger partial charge on any atom is -0.508 e. The summed E-state index contributed by atoms with van der Waals surface area (Å²) in [5.41, 5.74) is -0.261. The molecule has 0 unspecified atom stereocenters. The van der Waals surface area contributed by atoms with Crippen molar-refractivity contribution in [2.45, 2.75) is 26.3 Å². The SMILES string of the molecule is CC(C)(C)NC(=O)CNc1nccc2ccc(O)cc12. The first kappa shape index (κ1) is 14.1. The molecule has 1 heterocycles. The molecule has 1 amide bonds. The molecule has 1 aromatic carbocycles. The van der Waals surface area contributed by atoms with Gasteiger partial charge in [0.1, 0.15) is 11.6 Å². The number of hydrogen-bond acceptors (Lipinski definition) is 4. The molecule has 3 N–H and O–H groups in total.